The minimum Gasteiger partial charge on any atom is -0.386 e. The molecule has 0 atom stereocenters. The van der Waals surface area contributed by atoms with Crippen LogP contribution in [-0.2, 0) is 16.0 Å². The van der Waals surface area contributed by atoms with Gasteiger partial charge in [0, 0.05) is 12.6 Å². The third-order valence-electron chi connectivity index (χ3n) is 4.25. The number of likely N-dealkylation sites (tertiary alicyclic amines) is 1. The number of carbonyl (C=O) groups excluding carboxylic acids is 2. The van der Waals surface area contributed by atoms with Crippen molar-refractivity contribution >= 4 is 17.5 Å². The van der Waals surface area contributed by atoms with E-state index in [2.05, 4.69) is 5.32 Å². The summed E-state index contributed by atoms with van der Waals surface area (Å²) in [7, 11) is 0. The number of carbonyl (C=O) groups is 2. The molecule has 21 heavy (non-hydrogen) atoms. The summed E-state index contributed by atoms with van der Waals surface area (Å²) in [5.41, 5.74) is 1.02. The number of hydrogen-bond acceptors (Lipinski definition) is 3. The van der Waals surface area contributed by atoms with Crippen LogP contribution >= 0.6 is 0 Å². The SMILES string of the molecule is CC(=O)Nc1ccc(CC(=O)N2CC(O)(C3CC3)C2)cc1. The number of nitrogens with one attached hydrogen (secondary N) is 1. The molecular formula is C16H20N2O3. The number of hydrogen-bond donors (Lipinski definition) is 2. The number of aliphatic hydroxyl groups is 1. The maximum Gasteiger partial charge on any atom is 0.227 e. The molecule has 1 aromatic rings. The van der Waals surface area contributed by atoms with E-state index in [9.17, 15) is 14.7 Å². The molecule has 0 radical (unpaired) electrons. The Bertz CT molecular complexity index is 557. The fraction of sp³-hybridized carbons (Fsp3) is 0.500. The van der Waals surface area contributed by atoms with Crippen LogP contribution in [0.2, 0.25) is 0 Å². The Hall–Kier alpha value is -1.88. The lowest BCUT2D eigenvalue weighted by atomic mass is 9.88. The Kier molecular flexibility index (Phi) is 3.45. The largest absolute Gasteiger partial charge is 0.386 e. The van der Waals surface area contributed by atoms with Gasteiger partial charge in [-0.15, -0.1) is 0 Å². The van der Waals surface area contributed by atoms with Gasteiger partial charge in [0.2, 0.25) is 11.8 Å². The van der Waals surface area contributed by atoms with Gasteiger partial charge in [0.05, 0.1) is 19.5 Å². The number of rotatable bonds is 4. The summed E-state index contributed by atoms with van der Waals surface area (Å²) in [6.07, 6.45) is 2.51. The minimum atomic E-state index is -0.620. The van der Waals surface area contributed by atoms with Gasteiger partial charge in [-0.2, -0.15) is 0 Å². The van der Waals surface area contributed by atoms with Crippen molar-refractivity contribution in [3.63, 3.8) is 0 Å². The monoisotopic (exact) mass is 288 g/mol. The van der Waals surface area contributed by atoms with Crippen LogP contribution in [-0.4, -0.2) is 40.5 Å². The molecule has 0 spiro atoms. The molecule has 1 aliphatic carbocycles. The lowest BCUT2D eigenvalue weighted by Crippen LogP contribution is -2.65. The van der Waals surface area contributed by atoms with Gasteiger partial charge in [-0.3, -0.25) is 9.59 Å². The molecule has 2 amide bonds. The molecule has 5 nitrogen and oxygen atoms in total. The van der Waals surface area contributed by atoms with Crippen molar-refractivity contribution in [2.75, 3.05) is 18.4 Å². The van der Waals surface area contributed by atoms with E-state index in [4.69, 9.17) is 0 Å². The van der Waals surface area contributed by atoms with E-state index in [0.29, 0.717) is 25.4 Å². The van der Waals surface area contributed by atoms with Crippen molar-refractivity contribution in [3.8, 4) is 0 Å². The maximum atomic E-state index is 12.1. The van der Waals surface area contributed by atoms with E-state index in [1.54, 1.807) is 17.0 Å². The first-order chi connectivity index (χ1) is 9.96. The molecular weight excluding hydrogens is 268 g/mol. The Labute approximate surface area is 123 Å². The number of β-amino-alcohol motifs (C(OH)–C–C–N with tert-alkyl or cyclic N) is 1. The Morgan fingerprint density at radius 2 is 1.90 bits per heavy atom. The van der Waals surface area contributed by atoms with E-state index in [0.717, 1.165) is 24.1 Å². The first kappa shape index (κ1) is 14.1. The number of benzene rings is 1. The van der Waals surface area contributed by atoms with Gasteiger partial charge in [0.25, 0.3) is 0 Å². The van der Waals surface area contributed by atoms with Crippen LogP contribution in [0.4, 0.5) is 5.69 Å². The predicted octanol–water partition coefficient (Wildman–Crippen LogP) is 1.17. The molecule has 3 rings (SSSR count). The topological polar surface area (TPSA) is 69.6 Å². The molecule has 1 aliphatic heterocycles. The van der Waals surface area contributed by atoms with Crippen LogP contribution in [0.3, 0.4) is 0 Å². The molecule has 1 aromatic carbocycles. The first-order valence-electron chi connectivity index (χ1n) is 7.33. The van der Waals surface area contributed by atoms with Gasteiger partial charge in [-0.25, -0.2) is 0 Å². The summed E-state index contributed by atoms with van der Waals surface area (Å²) >= 11 is 0. The van der Waals surface area contributed by atoms with E-state index in [1.807, 2.05) is 12.1 Å². The van der Waals surface area contributed by atoms with Crippen molar-refractivity contribution in [2.24, 2.45) is 5.92 Å². The Morgan fingerprint density at radius 1 is 1.29 bits per heavy atom. The molecule has 0 aromatic heterocycles. The van der Waals surface area contributed by atoms with Crippen LogP contribution in [0.15, 0.2) is 24.3 Å². The third-order valence-corrected chi connectivity index (χ3v) is 4.25. The van der Waals surface area contributed by atoms with E-state index in [-0.39, 0.29) is 11.8 Å². The third kappa shape index (κ3) is 3.08. The highest BCUT2D eigenvalue weighted by Crippen LogP contribution is 2.44. The molecule has 2 aliphatic rings. The molecule has 112 valence electrons. The van der Waals surface area contributed by atoms with E-state index in [1.165, 1.54) is 6.92 Å². The number of anilines is 1. The normalized spacial score (nSPS) is 19.8. The minimum absolute atomic E-state index is 0.0487. The summed E-state index contributed by atoms with van der Waals surface area (Å²) in [5.74, 6) is 0.338. The average Bonchev–Trinajstić information content (AvgIpc) is 3.21. The molecule has 5 heteroatoms. The van der Waals surface area contributed by atoms with E-state index < -0.39 is 5.60 Å². The number of amides is 2. The van der Waals surface area contributed by atoms with Gasteiger partial charge in [0.1, 0.15) is 5.60 Å². The summed E-state index contributed by atoms with van der Waals surface area (Å²) < 4.78 is 0. The van der Waals surface area contributed by atoms with E-state index >= 15 is 0 Å². The smallest absolute Gasteiger partial charge is 0.227 e. The van der Waals surface area contributed by atoms with Gasteiger partial charge in [-0.1, -0.05) is 12.1 Å². The van der Waals surface area contributed by atoms with Crippen molar-refractivity contribution in [3.05, 3.63) is 29.8 Å². The summed E-state index contributed by atoms with van der Waals surface area (Å²) in [5, 5.41) is 12.9. The molecule has 1 saturated heterocycles. The quantitative estimate of drug-likeness (QED) is 0.874. The van der Waals surface area contributed by atoms with Crippen LogP contribution in [0, 0.1) is 5.92 Å². The van der Waals surface area contributed by atoms with Crippen molar-refractivity contribution in [1.82, 2.24) is 4.90 Å². The highest BCUT2D eigenvalue weighted by atomic mass is 16.3. The second kappa shape index (κ2) is 5.15. The second-order valence-corrected chi connectivity index (χ2v) is 6.18. The maximum absolute atomic E-state index is 12.1. The summed E-state index contributed by atoms with van der Waals surface area (Å²) in [6, 6.07) is 7.27. The standard InChI is InChI=1S/C16H20N2O3/c1-11(19)17-14-6-2-12(3-7-14)8-15(20)18-9-16(21,10-18)13-4-5-13/h2-3,6-7,13,21H,4-5,8-10H2,1H3,(H,17,19). The molecule has 0 bridgehead atoms. The molecule has 1 saturated carbocycles. The van der Waals surface area contributed by atoms with Gasteiger partial charge in [0.15, 0.2) is 0 Å². The lowest BCUT2D eigenvalue weighted by molar-refractivity contribution is -0.158. The van der Waals surface area contributed by atoms with Crippen molar-refractivity contribution in [1.29, 1.82) is 0 Å². The van der Waals surface area contributed by atoms with Gasteiger partial charge < -0.3 is 15.3 Å². The molecule has 1 heterocycles. The lowest BCUT2D eigenvalue weighted by Gasteiger charge is -2.47. The predicted molar refractivity (Wildman–Crippen MR) is 78.7 cm³/mol. The van der Waals surface area contributed by atoms with Gasteiger partial charge >= 0.3 is 0 Å². The van der Waals surface area contributed by atoms with Crippen molar-refractivity contribution in [2.45, 2.75) is 31.8 Å². The van der Waals surface area contributed by atoms with Gasteiger partial charge in [-0.05, 0) is 36.5 Å². The Balaban J connectivity index is 1.52. The summed E-state index contributed by atoms with van der Waals surface area (Å²) in [6.45, 7) is 2.41. The molecule has 0 unspecified atom stereocenters. The highest BCUT2D eigenvalue weighted by molar-refractivity contribution is 5.88. The van der Waals surface area contributed by atoms with Crippen LogP contribution in [0.25, 0.3) is 0 Å². The Morgan fingerprint density at radius 3 is 2.43 bits per heavy atom. The fourth-order valence-corrected chi connectivity index (χ4v) is 2.87. The van der Waals surface area contributed by atoms with Crippen LogP contribution in [0.1, 0.15) is 25.3 Å². The molecule has 2 N–H and O–H groups in total. The second-order valence-electron chi connectivity index (χ2n) is 6.18. The number of nitrogens with zero attached hydrogens (tertiary/aromatic N) is 1. The van der Waals surface area contributed by atoms with Crippen LogP contribution in [0.5, 0.6) is 0 Å². The zero-order chi connectivity index (χ0) is 15.0. The zero-order valence-corrected chi connectivity index (χ0v) is 12.1. The zero-order valence-electron chi connectivity index (χ0n) is 12.1. The molecule has 2 fully saturated rings. The van der Waals surface area contributed by atoms with Crippen LogP contribution < -0.4 is 5.32 Å². The summed E-state index contributed by atoms with van der Waals surface area (Å²) in [4.78, 5) is 24.8. The highest BCUT2D eigenvalue weighted by Gasteiger charge is 2.53. The van der Waals surface area contributed by atoms with Crippen molar-refractivity contribution < 1.29 is 14.7 Å². The average molecular weight is 288 g/mol. The first-order valence-corrected chi connectivity index (χ1v) is 7.33. The fourth-order valence-electron chi connectivity index (χ4n) is 2.87.